The lowest BCUT2D eigenvalue weighted by Crippen LogP contribution is -2.32. The lowest BCUT2D eigenvalue weighted by Gasteiger charge is -2.24. The van der Waals surface area contributed by atoms with E-state index in [1.807, 2.05) is 35.2 Å². The van der Waals surface area contributed by atoms with E-state index in [0.29, 0.717) is 19.4 Å². The van der Waals surface area contributed by atoms with Gasteiger partial charge in [-0.1, -0.05) is 30.3 Å². The molecule has 1 N–H and O–H groups in total. The third kappa shape index (κ3) is 3.09. The van der Waals surface area contributed by atoms with Crippen molar-refractivity contribution in [2.75, 3.05) is 0 Å². The molecule has 0 bridgehead atoms. The highest BCUT2D eigenvalue weighted by atomic mass is 16.4. The second-order valence-corrected chi connectivity index (χ2v) is 4.63. The highest BCUT2D eigenvalue weighted by molar-refractivity contribution is 5.79. The quantitative estimate of drug-likeness (QED) is 0.866. The Labute approximate surface area is 106 Å². The van der Waals surface area contributed by atoms with Crippen molar-refractivity contribution in [1.82, 2.24) is 4.90 Å². The molecule has 1 amide bonds. The van der Waals surface area contributed by atoms with Gasteiger partial charge in [0.2, 0.25) is 5.91 Å². The molecule has 1 aliphatic rings. The fourth-order valence-corrected chi connectivity index (χ4v) is 2.38. The highest BCUT2D eigenvalue weighted by Gasteiger charge is 2.30. The molecule has 2 rings (SSSR count). The van der Waals surface area contributed by atoms with Crippen LogP contribution in [-0.2, 0) is 16.1 Å². The van der Waals surface area contributed by atoms with Crippen molar-refractivity contribution >= 4 is 11.9 Å². The van der Waals surface area contributed by atoms with Crippen LogP contribution >= 0.6 is 0 Å². The Hall–Kier alpha value is -1.84. The Morgan fingerprint density at radius 2 is 2.06 bits per heavy atom. The van der Waals surface area contributed by atoms with Crippen molar-refractivity contribution < 1.29 is 14.7 Å². The van der Waals surface area contributed by atoms with Crippen LogP contribution in [0, 0.1) is 0 Å². The van der Waals surface area contributed by atoms with Gasteiger partial charge in [-0.05, 0) is 18.4 Å². The predicted molar refractivity (Wildman–Crippen MR) is 66.9 cm³/mol. The average Bonchev–Trinajstić information content (AvgIpc) is 2.70. The van der Waals surface area contributed by atoms with Crippen LogP contribution < -0.4 is 0 Å². The zero-order chi connectivity index (χ0) is 13.0. The van der Waals surface area contributed by atoms with Crippen molar-refractivity contribution in [3.05, 3.63) is 35.9 Å². The van der Waals surface area contributed by atoms with Crippen LogP contribution in [0.5, 0.6) is 0 Å². The largest absolute Gasteiger partial charge is 0.481 e. The molecule has 0 aromatic heterocycles. The molecule has 1 atom stereocenters. The van der Waals surface area contributed by atoms with Gasteiger partial charge in [0, 0.05) is 25.4 Å². The summed E-state index contributed by atoms with van der Waals surface area (Å²) in [5, 5.41) is 8.71. The molecule has 1 aromatic carbocycles. The second kappa shape index (κ2) is 5.67. The summed E-state index contributed by atoms with van der Waals surface area (Å²) in [6, 6.07) is 9.88. The number of hydrogen-bond acceptors (Lipinski definition) is 2. The fraction of sp³-hybridized carbons (Fsp3) is 0.429. The lowest BCUT2D eigenvalue weighted by molar-refractivity contribution is -0.138. The maximum absolute atomic E-state index is 11.8. The molecule has 0 unspecified atom stereocenters. The summed E-state index contributed by atoms with van der Waals surface area (Å²) in [5.74, 6) is -0.664. The van der Waals surface area contributed by atoms with Gasteiger partial charge in [0.25, 0.3) is 0 Å². The molecular formula is C14H17NO3. The van der Waals surface area contributed by atoms with E-state index in [1.165, 1.54) is 0 Å². The predicted octanol–water partition coefficient (Wildman–Crippen LogP) is 2.04. The smallest absolute Gasteiger partial charge is 0.303 e. The Morgan fingerprint density at radius 1 is 1.33 bits per heavy atom. The van der Waals surface area contributed by atoms with E-state index in [-0.39, 0.29) is 18.4 Å². The molecule has 96 valence electrons. The normalized spacial score (nSPS) is 19.2. The number of carbonyl (C=O) groups excluding carboxylic acids is 1. The van der Waals surface area contributed by atoms with E-state index in [0.717, 1.165) is 12.0 Å². The van der Waals surface area contributed by atoms with Gasteiger partial charge >= 0.3 is 5.97 Å². The van der Waals surface area contributed by atoms with Crippen LogP contribution in [0.4, 0.5) is 0 Å². The topological polar surface area (TPSA) is 57.6 Å². The number of carbonyl (C=O) groups is 2. The number of hydrogen-bond donors (Lipinski definition) is 1. The first-order chi connectivity index (χ1) is 8.66. The van der Waals surface area contributed by atoms with Crippen molar-refractivity contribution in [1.29, 1.82) is 0 Å². The average molecular weight is 247 g/mol. The number of amides is 1. The molecule has 1 fully saturated rings. The molecule has 0 spiro atoms. The summed E-state index contributed by atoms with van der Waals surface area (Å²) < 4.78 is 0. The first-order valence-corrected chi connectivity index (χ1v) is 6.22. The van der Waals surface area contributed by atoms with Crippen LogP contribution in [0.2, 0.25) is 0 Å². The van der Waals surface area contributed by atoms with Crippen LogP contribution in [0.15, 0.2) is 30.3 Å². The maximum atomic E-state index is 11.8. The minimum atomic E-state index is -0.797. The summed E-state index contributed by atoms with van der Waals surface area (Å²) in [6.07, 6.45) is 1.99. The molecule has 1 saturated heterocycles. The summed E-state index contributed by atoms with van der Waals surface area (Å²) in [7, 11) is 0. The Balaban J connectivity index is 1.99. The van der Waals surface area contributed by atoms with Crippen molar-refractivity contribution in [2.24, 2.45) is 0 Å². The van der Waals surface area contributed by atoms with Gasteiger partial charge in [-0.25, -0.2) is 0 Å². The van der Waals surface area contributed by atoms with Crippen molar-refractivity contribution in [3.8, 4) is 0 Å². The molecule has 1 aliphatic heterocycles. The van der Waals surface area contributed by atoms with E-state index in [2.05, 4.69) is 0 Å². The van der Waals surface area contributed by atoms with E-state index in [1.54, 1.807) is 0 Å². The van der Waals surface area contributed by atoms with Crippen molar-refractivity contribution in [3.63, 3.8) is 0 Å². The van der Waals surface area contributed by atoms with Gasteiger partial charge in [0.15, 0.2) is 0 Å². The number of nitrogens with zero attached hydrogens (tertiary/aromatic N) is 1. The monoisotopic (exact) mass is 247 g/mol. The van der Waals surface area contributed by atoms with E-state index in [9.17, 15) is 9.59 Å². The maximum Gasteiger partial charge on any atom is 0.303 e. The molecular weight excluding hydrogens is 230 g/mol. The summed E-state index contributed by atoms with van der Waals surface area (Å²) in [5.41, 5.74) is 1.09. The molecule has 0 radical (unpaired) electrons. The van der Waals surface area contributed by atoms with Crippen LogP contribution in [0.25, 0.3) is 0 Å². The van der Waals surface area contributed by atoms with Gasteiger partial charge in [-0.15, -0.1) is 0 Å². The number of benzene rings is 1. The zero-order valence-corrected chi connectivity index (χ0v) is 10.2. The van der Waals surface area contributed by atoms with Gasteiger partial charge in [0.05, 0.1) is 0 Å². The molecule has 4 nitrogen and oxygen atoms in total. The third-order valence-electron chi connectivity index (χ3n) is 3.34. The molecule has 0 saturated carbocycles. The van der Waals surface area contributed by atoms with Crippen molar-refractivity contribution in [2.45, 2.75) is 38.3 Å². The molecule has 4 heteroatoms. The van der Waals surface area contributed by atoms with Crippen LogP contribution in [0.3, 0.4) is 0 Å². The van der Waals surface area contributed by atoms with Gasteiger partial charge in [0.1, 0.15) is 0 Å². The number of carboxylic acids is 1. The minimum absolute atomic E-state index is 0.0776. The standard InChI is InChI=1S/C14H17NO3/c16-13-8-6-12(7-9-14(17)18)15(13)10-11-4-2-1-3-5-11/h1-5,12H,6-10H2,(H,17,18)/t12-/m0/s1. The molecule has 1 heterocycles. The van der Waals surface area contributed by atoms with Gasteiger partial charge < -0.3 is 10.0 Å². The van der Waals surface area contributed by atoms with E-state index in [4.69, 9.17) is 5.11 Å². The van der Waals surface area contributed by atoms with Gasteiger partial charge in [-0.2, -0.15) is 0 Å². The first kappa shape index (κ1) is 12.6. The SMILES string of the molecule is O=C(O)CC[C@@H]1CCC(=O)N1Cc1ccccc1. The van der Waals surface area contributed by atoms with E-state index >= 15 is 0 Å². The fourth-order valence-electron chi connectivity index (χ4n) is 2.38. The Kier molecular flexibility index (Phi) is 3.97. The zero-order valence-electron chi connectivity index (χ0n) is 10.2. The third-order valence-corrected chi connectivity index (χ3v) is 3.34. The van der Waals surface area contributed by atoms with Crippen LogP contribution in [0.1, 0.15) is 31.2 Å². The number of aliphatic carboxylic acids is 1. The lowest BCUT2D eigenvalue weighted by atomic mass is 10.1. The minimum Gasteiger partial charge on any atom is -0.481 e. The van der Waals surface area contributed by atoms with Crippen LogP contribution in [-0.4, -0.2) is 27.9 Å². The molecule has 0 aliphatic carbocycles. The van der Waals surface area contributed by atoms with Gasteiger partial charge in [-0.3, -0.25) is 9.59 Å². The molecule has 18 heavy (non-hydrogen) atoms. The number of likely N-dealkylation sites (tertiary alicyclic amines) is 1. The Morgan fingerprint density at radius 3 is 2.72 bits per heavy atom. The second-order valence-electron chi connectivity index (χ2n) is 4.63. The first-order valence-electron chi connectivity index (χ1n) is 6.22. The Bertz CT molecular complexity index is 430. The summed E-state index contributed by atoms with van der Waals surface area (Å²) >= 11 is 0. The summed E-state index contributed by atoms with van der Waals surface area (Å²) in [4.78, 5) is 24.2. The highest BCUT2D eigenvalue weighted by Crippen LogP contribution is 2.24. The number of rotatable bonds is 5. The number of carboxylic acid groups (broad SMARTS) is 1. The summed E-state index contributed by atoms with van der Waals surface area (Å²) in [6.45, 7) is 0.587. The molecule has 1 aromatic rings. The van der Waals surface area contributed by atoms with E-state index < -0.39 is 5.97 Å².